The van der Waals surface area contributed by atoms with Gasteiger partial charge in [-0.15, -0.1) is 0 Å². The summed E-state index contributed by atoms with van der Waals surface area (Å²) in [6.07, 6.45) is 2.56. The summed E-state index contributed by atoms with van der Waals surface area (Å²) in [5, 5.41) is 2.36. The van der Waals surface area contributed by atoms with Crippen LogP contribution in [0.4, 0.5) is 4.39 Å². The van der Waals surface area contributed by atoms with E-state index in [0.29, 0.717) is 0 Å². The molecule has 1 aliphatic heterocycles. The molecule has 1 heterocycles. The highest BCUT2D eigenvalue weighted by molar-refractivity contribution is 5.14. The monoisotopic (exact) mass is 224 g/mol. The molecule has 1 aromatic carbocycles. The van der Waals surface area contributed by atoms with Crippen LogP contribution in [0.2, 0.25) is 0 Å². The molecule has 3 N–H and O–H groups in total. The Morgan fingerprint density at radius 1 is 1.38 bits per heavy atom. The van der Waals surface area contributed by atoms with E-state index >= 15 is 0 Å². The predicted molar refractivity (Wildman–Crippen MR) is 61.7 cm³/mol. The van der Waals surface area contributed by atoms with Crippen LogP contribution in [0.15, 0.2) is 24.3 Å². The number of benzene rings is 1. The highest BCUT2D eigenvalue weighted by Gasteiger charge is 2.21. The van der Waals surface area contributed by atoms with Crippen LogP contribution in [-0.2, 0) is 6.54 Å². The molecule has 0 radical (unpaired) electrons. The lowest BCUT2D eigenvalue weighted by Crippen LogP contribution is -3.12. The van der Waals surface area contributed by atoms with E-state index < -0.39 is 0 Å². The van der Waals surface area contributed by atoms with Gasteiger partial charge in [0.2, 0.25) is 0 Å². The van der Waals surface area contributed by atoms with Gasteiger partial charge in [0.1, 0.15) is 12.4 Å². The minimum Gasteiger partial charge on any atom is -0.340 e. The predicted octanol–water partition coefficient (Wildman–Crippen LogP) is -0.434. The number of rotatable bonds is 3. The van der Waals surface area contributed by atoms with Crippen LogP contribution in [0.3, 0.4) is 0 Å². The third-order valence-electron chi connectivity index (χ3n) is 3.46. The van der Waals surface area contributed by atoms with E-state index in [2.05, 4.69) is 12.4 Å². The van der Waals surface area contributed by atoms with Crippen LogP contribution in [-0.4, -0.2) is 26.2 Å². The molecule has 2 rings (SSSR count). The van der Waals surface area contributed by atoms with Gasteiger partial charge in [-0.25, -0.2) is 4.39 Å². The van der Waals surface area contributed by atoms with Gasteiger partial charge in [-0.1, -0.05) is 12.1 Å². The quantitative estimate of drug-likeness (QED) is 0.695. The molecule has 0 saturated carbocycles. The lowest BCUT2D eigenvalue weighted by molar-refractivity contribution is -0.894. The molecule has 0 amide bonds. The number of hydrogen-bond donors (Lipinski definition) is 2. The highest BCUT2D eigenvalue weighted by atomic mass is 19.1. The van der Waals surface area contributed by atoms with Crippen molar-refractivity contribution in [1.29, 1.82) is 0 Å². The van der Waals surface area contributed by atoms with Crippen molar-refractivity contribution in [2.24, 2.45) is 0 Å². The number of likely N-dealkylation sites (tertiary alicyclic amines) is 1. The number of halogens is 1. The van der Waals surface area contributed by atoms with Gasteiger partial charge < -0.3 is 10.2 Å². The van der Waals surface area contributed by atoms with Gasteiger partial charge in [0.05, 0.1) is 26.2 Å². The molecule has 2 nitrogen and oxygen atoms in total. The first-order chi connectivity index (χ1) is 7.74. The second-order valence-electron chi connectivity index (χ2n) is 4.86. The molecule has 0 bridgehead atoms. The van der Waals surface area contributed by atoms with E-state index in [1.165, 1.54) is 32.0 Å². The maximum Gasteiger partial charge on any atom is 0.123 e. The van der Waals surface area contributed by atoms with Crippen LogP contribution in [0.1, 0.15) is 18.4 Å². The molecular weight excluding hydrogens is 203 g/mol. The Morgan fingerprint density at radius 2 is 2.12 bits per heavy atom. The molecule has 1 fully saturated rings. The van der Waals surface area contributed by atoms with Crippen molar-refractivity contribution >= 4 is 0 Å². The minimum absolute atomic E-state index is 0.126. The van der Waals surface area contributed by atoms with Crippen molar-refractivity contribution in [3.63, 3.8) is 0 Å². The molecule has 1 aliphatic rings. The SMILES string of the molecule is C[NH+]1CCC([NH2+]Cc2cccc(F)c2)CC1. The summed E-state index contributed by atoms with van der Waals surface area (Å²) in [5.41, 5.74) is 1.09. The molecule has 0 aliphatic carbocycles. The number of quaternary nitrogens is 2. The largest absolute Gasteiger partial charge is 0.340 e. The summed E-state index contributed by atoms with van der Waals surface area (Å²) in [5.74, 6) is -0.126. The zero-order valence-electron chi connectivity index (χ0n) is 9.88. The molecule has 16 heavy (non-hydrogen) atoms. The van der Waals surface area contributed by atoms with Gasteiger partial charge >= 0.3 is 0 Å². The van der Waals surface area contributed by atoms with E-state index in [1.807, 2.05) is 6.07 Å². The summed E-state index contributed by atoms with van der Waals surface area (Å²) in [6, 6.07) is 7.66. The number of nitrogens with two attached hydrogens (primary N) is 1. The molecular formula is C13H21FN2+2. The first-order valence-corrected chi connectivity index (χ1v) is 6.13. The van der Waals surface area contributed by atoms with Crippen molar-refractivity contribution < 1.29 is 14.6 Å². The Balaban J connectivity index is 1.79. The summed E-state index contributed by atoms with van der Waals surface area (Å²) in [4.78, 5) is 1.63. The van der Waals surface area contributed by atoms with Gasteiger partial charge in [0, 0.05) is 18.4 Å². The summed E-state index contributed by atoms with van der Waals surface area (Å²) >= 11 is 0. The van der Waals surface area contributed by atoms with E-state index in [9.17, 15) is 4.39 Å². The molecule has 0 unspecified atom stereocenters. The standard InChI is InChI=1S/C13H19FN2/c1-16-7-5-13(6-8-16)15-10-11-3-2-4-12(14)9-11/h2-4,9,13,15H,5-8,10H2,1H3/p+2. The molecule has 0 aromatic heterocycles. The average molecular weight is 224 g/mol. The highest BCUT2D eigenvalue weighted by Crippen LogP contribution is 2.02. The zero-order chi connectivity index (χ0) is 11.4. The van der Waals surface area contributed by atoms with Crippen molar-refractivity contribution in [3.05, 3.63) is 35.6 Å². The Labute approximate surface area is 96.5 Å². The Hall–Kier alpha value is -0.930. The third kappa shape index (κ3) is 3.29. The third-order valence-corrected chi connectivity index (χ3v) is 3.46. The fourth-order valence-electron chi connectivity index (χ4n) is 2.34. The van der Waals surface area contributed by atoms with Crippen molar-refractivity contribution in [1.82, 2.24) is 0 Å². The number of nitrogens with one attached hydrogen (secondary N) is 1. The van der Waals surface area contributed by atoms with E-state index in [-0.39, 0.29) is 5.82 Å². The first-order valence-electron chi connectivity index (χ1n) is 6.13. The Bertz CT molecular complexity index is 332. The van der Waals surface area contributed by atoms with E-state index in [1.54, 1.807) is 17.0 Å². The first kappa shape index (κ1) is 11.6. The normalized spacial score (nSPS) is 25.6. The van der Waals surface area contributed by atoms with Crippen LogP contribution in [0, 0.1) is 5.82 Å². The van der Waals surface area contributed by atoms with Crippen LogP contribution in [0.25, 0.3) is 0 Å². The molecule has 0 spiro atoms. The van der Waals surface area contributed by atoms with Gasteiger partial charge in [-0.2, -0.15) is 0 Å². The summed E-state index contributed by atoms with van der Waals surface area (Å²) in [7, 11) is 2.25. The number of piperidine rings is 1. The van der Waals surface area contributed by atoms with E-state index in [4.69, 9.17) is 0 Å². The minimum atomic E-state index is -0.126. The second kappa shape index (κ2) is 5.41. The average Bonchev–Trinajstić information content (AvgIpc) is 2.28. The zero-order valence-corrected chi connectivity index (χ0v) is 9.88. The van der Waals surface area contributed by atoms with Crippen molar-refractivity contribution in [2.75, 3.05) is 20.1 Å². The Morgan fingerprint density at radius 3 is 2.81 bits per heavy atom. The summed E-state index contributed by atoms with van der Waals surface area (Å²) in [6.45, 7) is 3.44. The van der Waals surface area contributed by atoms with Crippen molar-refractivity contribution in [2.45, 2.75) is 25.4 Å². The lowest BCUT2D eigenvalue weighted by atomic mass is 10.1. The van der Waals surface area contributed by atoms with Crippen LogP contribution >= 0.6 is 0 Å². The fraction of sp³-hybridized carbons (Fsp3) is 0.538. The van der Waals surface area contributed by atoms with Gasteiger partial charge in [-0.05, 0) is 12.1 Å². The van der Waals surface area contributed by atoms with Gasteiger partial charge in [0.15, 0.2) is 0 Å². The lowest BCUT2D eigenvalue weighted by Gasteiger charge is -2.24. The topological polar surface area (TPSA) is 21.1 Å². The van der Waals surface area contributed by atoms with E-state index in [0.717, 1.165) is 18.2 Å². The van der Waals surface area contributed by atoms with Gasteiger partial charge in [-0.3, -0.25) is 0 Å². The smallest absolute Gasteiger partial charge is 0.123 e. The molecule has 88 valence electrons. The summed E-state index contributed by atoms with van der Waals surface area (Å²) < 4.78 is 13.0. The molecule has 1 saturated heterocycles. The number of hydrogen-bond acceptors (Lipinski definition) is 0. The maximum absolute atomic E-state index is 13.0. The van der Waals surface area contributed by atoms with Crippen LogP contribution < -0.4 is 10.2 Å². The molecule has 3 heteroatoms. The van der Waals surface area contributed by atoms with Crippen LogP contribution in [0.5, 0.6) is 0 Å². The molecule has 0 atom stereocenters. The van der Waals surface area contributed by atoms with Crippen molar-refractivity contribution in [3.8, 4) is 0 Å². The fourth-order valence-corrected chi connectivity index (χ4v) is 2.34. The van der Waals surface area contributed by atoms with Gasteiger partial charge in [0.25, 0.3) is 0 Å². The second-order valence-corrected chi connectivity index (χ2v) is 4.86. The maximum atomic E-state index is 13.0. The Kier molecular flexibility index (Phi) is 3.91. The molecule has 1 aromatic rings.